The first-order valence-electron chi connectivity index (χ1n) is 5.92. The van der Waals surface area contributed by atoms with Crippen LogP contribution in [0.25, 0.3) is 11.1 Å². The van der Waals surface area contributed by atoms with E-state index in [0.29, 0.717) is 11.6 Å². The molecule has 2 aromatic rings. The number of para-hydroxylation sites is 1. The predicted octanol–water partition coefficient (Wildman–Crippen LogP) is 3.34. The lowest BCUT2D eigenvalue weighted by Crippen LogP contribution is -2.14. The first-order valence-corrected chi connectivity index (χ1v) is 5.92. The van der Waals surface area contributed by atoms with E-state index >= 15 is 0 Å². The second kappa shape index (κ2) is 5.03. The molecule has 1 N–H and O–H groups in total. The number of nitro benzene ring substituents is 1. The van der Waals surface area contributed by atoms with Crippen molar-refractivity contribution in [2.75, 3.05) is 5.32 Å². The van der Waals surface area contributed by atoms with Crippen LogP contribution in [0, 0.1) is 10.1 Å². The number of nitro groups is 1. The summed E-state index contributed by atoms with van der Waals surface area (Å²) in [5.74, 6) is 0. The summed E-state index contributed by atoms with van der Waals surface area (Å²) >= 11 is 0. The summed E-state index contributed by atoms with van der Waals surface area (Å²) in [6, 6.07) is 5.24. The zero-order chi connectivity index (χ0) is 13.1. The fourth-order valence-electron chi connectivity index (χ4n) is 1.86. The molecule has 0 saturated carbocycles. The molecule has 18 heavy (non-hydrogen) atoms. The first-order chi connectivity index (χ1) is 8.61. The highest BCUT2D eigenvalue weighted by atomic mass is 16.6. The highest BCUT2D eigenvalue weighted by Gasteiger charge is 2.17. The van der Waals surface area contributed by atoms with Crippen LogP contribution >= 0.6 is 0 Å². The van der Waals surface area contributed by atoms with E-state index in [1.165, 1.54) is 6.07 Å². The zero-order valence-corrected chi connectivity index (χ0v) is 10.3. The quantitative estimate of drug-likeness (QED) is 0.649. The van der Waals surface area contributed by atoms with Crippen molar-refractivity contribution in [3.63, 3.8) is 0 Å². The monoisotopic (exact) mass is 249 g/mol. The number of fused-ring (bicyclic) bond motifs is 1. The minimum Gasteiger partial charge on any atom is -0.423 e. The Balaban J connectivity index is 2.32. The molecule has 0 amide bonds. The molecule has 96 valence electrons. The van der Waals surface area contributed by atoms with Gasteiger partial charge in [0.15, 0.2) is 11.1 Å². The molecule has 6 nitrogen and oxygen atoms in total. The summed E-state index contributed by atoms with van der Waals surface area (Å²) in [5, 5.41) is 14.0. The van der Waals surface area contributed by atoms with Crippen LogP contribution in [0.4, 0.5) is 11.7 Å². The average Bonchev–Trinajstić information content (AvgIpc) is 2.70. The lowest BCUT2D eigenvalue weighted by Gasteiger charge is -2.09. The van der Waals surface area contributed by atoms with E-state index in [9.17, 15) is 10.1 Å². The minimum atomic E-state index is -0.454. The highest BCUT2D eigenvalue weighted by Crippen LogP contribution is 2.27. The molecular formula is C12H15N3O3. The Morgan fingerprint density at radius 2 is 2.33 bits per heavy atom. The molecular weight excluding hydrogens is 234 g/mol. The summed E-state index contributed by atoms with van der Waals surface area (Å²) in [6.07, 6.45) is 2.04. The maximum absolute atomic E-state index is 10.9. The molecule has 1 atom stereocenters. The Bertz CT molecular complexity index is 565. The summed E-state index contributed by atoms with van der Waals surface area (Å²) in [6.45, 7) is 4.11. The predicted molar refractivity (Wildman–Crippen MR) is 68.7 cm³/mol. The van der Waals surface area contributed by atoms with Gasteiger partial charge >= 0.3 is 0 Å². The number of rotatable bonds is 5. The maximum Gasteiger partial charge on any atom is 0.298 e. The molecule has 1 aromatic carbocycles. The third kappa shape index (κ3) is 2.42. The van der Waals surface area contributed by atoms with Crippen LogP contribution < -0.4 is 5.32 Å². The largest absolute Gasteiger partial charge is 0.423 e. The molecule has 0 spiro atoms. The van der Waals surface area contributed by atoms with Gasteiger partial charge in [-0.05, 0) is 19.4 Å². The van der Waals surface area contributed by atoms with Crippen LogP contribution in [0.15, 0.2) is 22.6 Å². The summed E-state index contributed by atoms with van der Waals surface area (Å²) in [7, 11) is 0. The number of nitrogens with zero attached hydrogens (tertiary/aromatic N) is 2. The number of hydrogen-bond donors (Lipinski definition) is 1. The van der Waals surface area contributed by atoms with Gasteiger partial charge in [-0.15, -0.1) is 0 Å². The van der Waals surface area contributed by atoms with Gasteiger partial charge in [0.05, 0.1) is 4.92 Å². The van der Waals surface area contributed by atoms with Gasteiger partial charge in [0, 0.05) is 12.1 Å². The van der Waals surface area contributed by atoms with Crippen LogP contribution in [-0.2, 0) is 0 Å². The molecule has 6 heteroatoms. The third-order valence-corrected chi connectivity index (χ3v) is 2.69. The second-order valence-electron chi connectivity index (χ2n) is 4.23. The van der Waals surface area contributed by atoms with Gasteiger partial charge in [-0.2, -0.15) is 4.98 Å². The van der Waals surface area contributed by atoms with Crippen molar-refractivity contribution in [1.29, 1.82) is 0 Å². The fourth-order valence-corrected chi connectivity index (χ4v) is 1.86. The Morgan fingerprint density at radius 3 is 3.00 bits per heavy atom. The fraction of sp³-hybridized carbons (Fsp3) is 0.417. The standard InChI is InChI=1S/C12H15N3O3/c1-3-5-8(2)13-12-14-11-9(15(16)17)6-4-7-10(11)18-12/h4,6-8H,3,5H2,1-2H3,(H,13,14). The van der Waals surface area contributed by atoms with Crippen molar-refractivity contribution < 1.29 is 9.34 Å². The molecule has 0 aliphatic rings. The van der Waals surface area contributed by atoms with Crippen LogP contribution in [0.3, 0.4) is 0 Å². The molecule has 0 aliphatic heterocycles. The van der Waals surface area contributed by atoms with Crippen LogP contribution in [0.2, 0.25) is 0 Å². The summed E-state index contributed by atoms with van der Waals surface area (Å²) in [5.41, 5.74) is 0.677. The maximum atomic E-state index is 10.9. The van der Waals surface area contributed by atoms with Gasteiger partial charge in [0.25, 0.3) is 11.7 Å². The number of anilines is 1. The van der Waals surface area contributed by atoms with E-state index in [4.69, 9.17) is 4.42 Å². The molecule has 1 heterocycles. The van der Waals surface area contributed by atoms with Gasteiger partial charge in [-0.25, -0.2) is 0 Å². The minimum absolute atomic E-state index is 0.0348. The number of nitrogens with one attached hydrogen (secondary N) is 1. The van der Waals surface area contributed by atoms with Crippen molar-refractivity contribution in [3.05, 3.63) is 28.3 Å². The summed E-state index contributed by atoms with van der Waals surface area (Å²) in [4.78, 5) is 14.5. The smallest absolute Gasteiger partial charge is 0.298 e. The van der Waals surface area contributed by atoms with Gasteiger partial charge in [0.2, 0.25) is 0 Å². The van der Waals surface area contributed by atoms with E-state index in [-0.39, 0.29) is 17.2 Å². The Hall–Kier alpha value is -2.11. The van der Waals surface area contributed by atoms with E-state index < -0.39 is 4.92 Å². The summed E-state index contributed by atoms with van der Waals surface area (Å²) < 4.78 is 5.45. The van der Waals surface area contributed by atoms with Crippen LogP contribution in [0.1, 0.15) is 26.7 Å². The normalized spacial score (nSPS) is 12.6. The van der Waals surface area contributed by atoms with Crippen molar-refractivity contribution in [2.24, 2.45) is 0 Å². The molecule has 1 unspecified atom stereocenters. The molecule has 2 rings (SSSR count). The molecule has 0 fully saturated rings. The lowest BCUT2D eigenvalue weighted by molar-refractivity contribution is -0.383. The van der Waals surface area contributed by atoms with E-state index in [0.717, 1.165) is 12.8 Å². The average molecular weight is 249 g/mol. The van der Waals surface area contributed by atoms with E-state index in [2.05, 4.69) is 17.2 Å². The van der Waals surface area contributed by atoms with Crippen LogP contribution in [0.5, 0.6) is 0 Å². The van der Waals surface area contributed by atoms with Crippen molar-refractivity contribution >= 4 is 22.8 Å². The molecule has 0 bridgehead atoms. The third-order valence-electron chi connectivity index (χ3n) is 2.69. The zero-order valence-electron chi connectivity index (χ0n) is 10.3. The number of oxazole rings is 1. The highest BCUT2D eigenvalue weighted by molar-refractivity contribution is 5.83. The van der Waals surface area contributed by atoms with Crippen molar-refractivity contribution in [1.82, 2.24) is 4.98 Å². The van der Waals surface area contributed by atoms with Crippen molar-refractivity contribution in [2.45, 2.75) is 32.7 Å². The molecule has 0 saturated heterocycles. The van der Waals surface area contributed by atoms with E-state index in [1.54, 1.807) is 12.1 Å². The van der Waals surface area contributed by atoms with Gasteiger partial charge < -0.3 is 9.73 Å². The Labute approximate surface area is 104 Å². The Morgan fingerprint density at radius 1 is 1.56 bits per heavy atom. The van der Waals surface area contributed by atoms with Gasteiger partial charge in [-0.3, -0.25) is 10.1 Å². The Kier molecular flexibility index (Phi) is 3.45. The van der Waals surface area contributed by atoms with Crippen molar-refractivity contribution in [3.8, 4) is 0 Å². The molecule has 1 aromatic heterocycles. The number of hydrogen-bond acceptors (Lipinski definition) is 5. The second-order valence-corrected chi connectivity index (χ2v) is 4.23. The van der Waals surface area contributed by atoms with Gasteiger partial charge in [0.1, 0.15) is 0 Å². The molecule has 0 radical (unpaired) electrons. The van der Waals surface area contributed by atoms with Crippen LogP contribution in [-0.4, -0.2) is 15.9 Å². The number of benzene rings is 1. The lowest BCUT2D eigenvalue weighted by atomic mass is 10.2. The van der Waals surface area contributed by atoms with Gasteiger partial charge in [-0.1, -0.05) is 19.4 Å². The first kappa shape index (κ1) is 12.3. The number of aromatic nitrogens is 1. The molecule has 0 aliphatic carbocycles. The number of non-ortho nitro benzene ring substituents is 1. The topological polar surface area (TPSA) is 81.2 Å². The van der Waals surface area contributed by atoms with E-state index in [1.807, 2.05) is 6.92 Å². The SMILES string of the molecule is CCCC(C)Nc1nc2c([N+](=O)[O-])cccc2o1.